The number of carboxylic acid groups (broad SMARTS) is 1. The molecule has 0 saturated heterocycles. The number of carboxylic acids is 1. The second kappa shape index (κ2) is 4.76. The van der Waals surface area contributed by atoms with E-state index in [1.165, 1.54) is 0 Å². The van der Waals surface area contributed by atoms with Gasteiger partial charge in [-0.2, -0.15) is 5.10 Å². The first-order valence-electron chi connectivity index (χ1n) is 5.87. The lowest BCUT2D eigenvalue weighted by Gasteiger charge is -2.11. The van der Waals surface area contributed by atoms with Crippen LogP contribution in [0.5, 0.6) is 5.75 Å². The lowest BCUT2D eigenvalue weighted by molar-refractivity contribution is 0.0697. The normalized spacial score (nSPS) is 10.5. The minimum absolute atomic E-state index is 0.214. The first-order valence-corrected chi connectivity index (χ1v) is 5.87. The van der Waals surface area contributed by atoms with Gasteiger partial charge in [-0.1, -0.05) is 11.6 Å². The highest BCUT2D eigenvalue weighted by atomic mass is 16.5. The number of aromatic nitrogens is 2. The van der Waals surface area contributed by atoms with Gasteiger partial charge in [0.05, 0.1) is 18.5 Å². The molecule has 2 aromatic rings. The smallest absolute Gasteiger partial charge is 0.339 e. The first-order chi connectivity index (χ1) is 8.95. The molecule has 0 atom stereocenters. The zero-order valence-corrected chi connectivity index (χ0v) is 11.4. The fourth-order valence-electron chi connectivity index (χ4n) is 2.23. The third-order valence-corrected chi connectivity index (χ3v) is 3.05. The van der Waals surface area contributed by atoms with E-state index >= 15 is 0 Å². The average molecular weight is 260 g/mol. The van der Waals surface area contributed by atoms with Crippen molar-refractivity contribution in [2.45, 2.75) is 13.8 Å². The van der Waals surface area contributed by atoms with E-state index < -0.39 is 5.97 Å². The quantitative estimate of drug-likeness (QED) is 0.920. The Labute approximate surface area is 111 Å². The Morgan fingerprint density at radius 2 is 2.05 bits per heavy atom. The second-order valence-corrected chi connectivity index (χ2v) is 4.44. The number of methoxy groups -OCH3 is 1. The molecule has 19 heavy (non-hydrogen) atoms. The highest BCUT2D eigenvalue weighted by Gasteiger charge is 2.23. The summed E-state index contributed by atoms with van der Waals surface area (Å²) in [7, 11) is 3.30. The monoisotopic (exact) mass is 260 g/mol. The number of nitrogens with zero attached hydrogens (tertiary/aromatic N) is 2. The number of hydrogen-bond donors (Lipinski definition) is 1. The van der Waals surface area contributed by atoms with Crippen LogP contribution in [0.2, 0.25) is 0 Å². The molecule has 100 valence electrons. The molecule has 0 fully saturated rings. The van der Waals surface area contributed by atoms with E-state index in [9.17, 15) is 9.90 Å². The maximum absolute atomic E-state index is 11.4. The van der Waals surface area contributed by atoms with Crippen molar-refractivity contribution in [3.05, 3.63) is 35.0 Å². The lowest BCUT2D eigenvalue weighted by Crippen LogP contribution is -2.03. The average Bonchev–Trinajstić information content (AvgIpc) is 2.64. The summed E-state index contributed by atoms with van der Waals surface area (Å²) in [5, 5.41) is 13.6. The number of aryl methyl sites for hydroxylation is 3. The number of ether oxygens (including phenoxy) is 1. The molecule has 0 amide bonds. The number of rotatable bonds is 3. The molecule has 0 aliphatic carbocycles. The Balaban J connectivity index is 2.78. The van der Waals surface area contributed by atoms with Gasteiger partial charge in [-0.15, -0.1) is 0 Å². The van der Waals surface area contributed by atoms with Crippen molar-refractivity contribution < 1.29 is 14.6 Å². The molecular formula is C14H16N2O3. The van der Waals surface area contributed by atoms with E-state index in [2.05, 4.69) is 5.10 Å². The van der Waals surface area contributed by atoms with Gasteiger partial charge in [-0.25, -0.2) is 4.79 Å². The predicted octanol–water partition coefficient (Wildman–Crippen LogP) is 2.41. The molecule has 0 aliphatic heterocycles. The molecule has 5 nitrogen and oxygen atoms in total. The number of hydrogen-bond acceptors (Lipinski definition) is 3. The number of benzene rings is 1. The molecule has 1 aromatic carbocycles. The Bertz CT molecular complexity index is 644. The molecule has 1 N–H and O–H groups in total. The van der Waals surface area contributed by atoms with E-state index in [1.807, 2.05) is 25.1 Å². The van der Waals surface area contributed by atoms with Crippen LogP contribution < -0.4 is 4.74 Å². The lowest BCUT2D eigenvalue weighted by atomic mass is 10.0. The molecule has 5 heteroatoms. The Hall–Kier alpha value is -2.30. The third kappa shape index (κ3) is 2.19. The van der Waals surface area contributed by atoms with Crippen LogP contribution in [-0.2, 0) is 7.05 Å². The van der Waals surface area contributed by atoms with Gasteiger partial charge < -0.3 is 9.84 Å². The van der Waals surface area contributed by atoms with Crippen LogP contribution in [0.4, 0.5) is 0 Å². The zero-order valence-electron chi connectivity index (χ0n) is 11.4. The maximum Gasteiger partial charge on any atom is 0.339 e. The minimum atomic E-state index is -0.982. The van der Waals surface area contributed by atoms with Crippen molar-refractivity contribution in [3.8, 4) is 17.0 Å². The van der Waals surface area contributed by atoms with Gasteiger partial charge in [0.25, 0.3) is 0 Å². The fraction of sp³-hybridized carbons (Fsp3) is 0.286. The Morgan fingerprint density at radius 1 is 1.37 bits per heavy atom. The number of aromatic carboxylic acids is 1. The van der Waals surface area contributed by atoms with Gasteiger partial charge in [0, 0.05) is 12.6 Å². The topological polar surface area (TPSA) is 64.3 Å². The largest absolute Gasteiger partial charge is 0.496 e. The van der Waals surface area contributed by atoms with Crippen molar-refractivity contribution in [1.82, 2.24) is 9.78 Å². The molecule has 0 bridgehead atoms. The van der Waals surface area contributed by atoms with Crippen LogP contribution in [0, 0.1) is 13.8 Å². The molecule has 0 radical (unpaired) electrons. The van der Waals surface area contributed by atoms with Gasteiger partial charge in [0.15, 0.2) is 0 Å². The number of carbonyl (C=O) groups is 1. The summed E-state index contributed by atoms with van der Waals surface area (Å²) in [6, 6.07) is 5.66. The second-order valence-electron chi connectivity index (χ2n) is 4.44. The van der Waals surface area contributed by atoms with Crippen LogP contribution in [0.1, 0.15) is 21.6 Å². The van der Waals surface area contributed by atoms with Crippen LogP contribution >= 0.6 is 0 Å². The molecule has 0 saturated carbocycles. The highest BCUT2D eigenvalue weighted by molar-refractivity contribution is 5.97. The van der Waals surface area contributed by atoms with E-state index in [4.69, 9.17) is 4.74 Å². The van der Waals surface area contributed by atoms with E-state index in [0.717, 1.165) is 11.1 Å². The first kappa shape index (κ1) is 13.1. The van der Waals surface area contributed by atoms with Crippen LogP contribution in [0.25, 0.3) is 11.3 Å². The van der Waals surface area contributed by atoms with Crippen LogP contribution in [-0.4, -0.2) is 28.0 Å². The molecule has 0 spiro atoms. The highest BCUT2D eigenvalue weighted by Crippen LogP contribution is 2.34. The van der Waals surface area contributed by atoms with Crippen molar-refractivity contribution in [2.75, 3.05) is 7.11 Å². The molecule has 0 unspecified atom stereocenters. The van der Waals surface area contributed by atoms with Gasteiger partial charge in [0.1, 0.15) is 11.3 Å². The van der Waals surface area contributed by atoms with Crippen LogP contribution in [0.3, 0.4) is 0 Å². The molecular weight excluding hydrogens is 244 g/mol. The van der Waals surface area contributed by atoms with Gasteiger partial charge >= 0.3 is 5.97 Å². The predicted molar refractivity (Wildman–Crippen MR) is 71.6 cm³/mol. The van der Waals surface area contributed by atoms with Crippen molar-refractivity contribution in [1.29, 1.82) is 0 Å². The summed E-state index contributed by atoms with van der Waals surface area (Å²) in [4.78, 5) is 11.4. The molecule has 1 heterocycles. The summed E-state index contributed by atoms with van der Waals surface area (Å²) in [6.45, 7) is 3.64. The van der Waals surface area contributed by atoms with Crippen molar-refractivity contribution in [2.24, 2.45) is 7.05 Å². The van der Waals surface area contributed by atoms with E-state index in [-0.39, 0.29) is 5.56 Å². The van der Waals surface area contributed by atoms with Gasteiger partial charge in [0.2, 0.25) is 0 Å². The summed E-state index contributed by atoms with van der Waals surface area (Å²) >= 11 is 0. The molecule has 0 aliphatic rings. The SMILES string of the molecule is COc1ccc(C)cc1-c1c(C(=O)O)c(C)nn1C. The van der Waals surface area contributed by atoms with Gasteiger partial charge in [-0.05, 0) is 26.0 Å². The van der Waals surface area contributed by atoms with E-state index in [1.54, 1.807) is 25.8 Å². The van der Waals surface area contributed by atoms with Crippen LogP contribution in [0.15, 0.2) is 18.2 Å². The third-order valence-electron chi connectivity index (χ3n) is 3.05. The van der Waals surface area contributed by atoms with Crippen molar-refractivity contribution in [3.63, 3.8) is 0 Å². The summed E-state index contributed by atoms with van der Waals surface area (Å²) in [5.41, 5.74) is 3.04. The molecule has 1 aromatic heterocycles. The minimum Gasteiger partial charge on any atom is -0.496 e. The van der Waals surface area contributed by atoms with Gasteiger partial charge in [-0.3, -0.25) is 4.68 Å². The standard InChI is InChI=1S/C14H16N2O3/c1-8-5-6-11(19-4)10(7-8)13-12(14(17)18)9(2)15-16(13)3/h5-7H,1-4H3,(H,17,18). The van der Waals surface area contributed by atoms with Crippen molar-refractivity contribution >= 4 is 5.97 Å². The zero-order chi connectivity index (χ0) is 14.2. The maximum atomic E-state index is 11.4. The van der Waals surface area contributed by atoms with E-state index in [0.29, 0.717) is 17.1 Å². The molecule has 2 rings (SSSR count). The Kier molecular flexibility index (Phi) is 3.29. The Morgan fingerprint density at radius 3 is 2.63 bits per heavy atom. The fourth-order valence-corrected chi connectivity index (χ4v) is 2.23. The summed E-state index contributed by atoms with van der Waals surface area (Å²) < 4.78 is 6.90. The summed E-state index contributed by atoms with van der Waals surface area (Å²) in [5.74, 6) is -0.347. The summed E-state index contributed by atoms with van der Waals surface area (Å²) in [6.07, 6.45) is 0.